The Hall–Kier alpha value is -1.62. The van der Waals surface area contributed by atoms with Gasteiger partial charge in [-0.1, -0.05) is 13.0 Å². The number of carbonyl (C=O) groups excluding carboxylic acids is 1. The van der Waals surface area contributed by atoms with Crippen LogP contribution < -0.4 is 4.90 Å². The van der Waals surface area contributed by atoms with Crippen LogP contribution in [0.1, 0.15) is 31.9 Å². The van der Waals surface area contributed by atoms with E-state index in [9.17, 15) is 14.3 Å². The first-order valence-electron chi connectivity index (χ1n) is 6.79. The van der Waals surface area contributed by atoms with Crippen LogP contribution in [0.5, 0.6) is 0 Å². The van der Waals surface area contributed by atoms with Gasteiger partial charge in [0.05, 0.1) is 18.3 Å². The van der Waals surface area contributed by atoms with Crippen LogP contribution in [-0.4, -0.2) is 43.1 Å². The van der Waals surface area contributed by atoms with Crippen molar-refractivity contribution in [2.75, 3.05) is 32.1 Å². The van der Waals surface area contributed by atoms with Gasteiger partial charge in [0.1, 0.15) is 5.82 Å². The first-order chi connectivity index (χ1) is 9.36. The zero-order valence-corrected chi connectivity index (χ0v) is 12.6. The van der Waals surface area contributed by atoms with E-state index in [1.807, 2.05) is 6.92 Å². The van der Waals surface area contributed by atoms with Gasteiger partial charge in [0.25, 0.3) is 0 Å². The van der Waals surface area contributed by atoms with Gasteiger partial charge >= 0.3 is 0 Å². The lowest BCUT2D eigenvalue weighted by molar-refractivity contribution is -0.127. The van der Waals surface area contributed by atoms with Gasteiger partial charge in [-0.2, -0.15) is 0 Å². The number of carbonyl (C=O) groups is 1. The summed E-state index contributed by atoms with van der Waals surface area (Å²) in [4.78, 5) is 15.0. The summed E-state index contributed by atoms with van der Waals surface area (Å²) in [6.07, 6.45) is 0.111. The van der Waals surface area contributed by atoms with Crippen molar-refractivity contribution in [2.24, 2.45) is 0 Å². The average molecular weight is 282 g/mol. The van der Waals surface area contributed by atoms with Gasteiger partial charge in [0.2, 0.25) is 5.91 Å². The smallest absolute Gasteiger partial charge is 0.241 e. The van der Waals surface area contributed by atoms with E-state index in [4.69, 9.17) is 0 Å². The Labute approximate surface area is 119 Å². The topological polar surface area (TPSA) is 43.8 Å². The number of aliphatic hydroxyl groups excluding tert-OH is 1. The van der Waals surface area contributed by atoms with Crippen LogP contribution in [0.4, 0.5) is 10.1 Å². The van der Waals surface area contributed by atoms with Gasteiger partial charge in [0, 0.05) is 20.6 Å². The van der Waals surface area contributed by atoms with Crippen LogP contribution in [0, 0.1) is 5.82 Å². The molecule has 0 aliphatic carbocycles. The minimum atomic E-state index is -0.707. The number of hydrogen-bond acceptors (Lipinski definition) is 3. The first kappa shape index (κ1) is 16.4. The van der Waals surface area contributed by atoms with Gasteiger partial charge in [-0.3, -0.25) is 4.79 Å². The van der Waals surface area contributed by atoms with Crippen molar-refractivity contribution in [2.45, 2.75) is 26.4 Å². The number of likely N-dealkylation sites (N-methyl/N-ethyl adjacent to an activating group) is 1. The molecule has 1 aromatic carbocycles. The molecule has 1 amide bonds. The molecule has 1 atom stereocenters. The number of anilines is 1. The maximum atomic E-state index is 14.2. The Morgan fingerprint density at radius 1 is 1.40 bits per heavy atom. The van der Waals surface area contributed by atoms with Crippen LogP contribution in [0.15, 0.2) is 18.2 Å². The minimum Gasteiger partial charge on any atom is -0.389 e. The molecule has 0 aliphatic rings. The van der Waals surface area contributed by atoms with Crippen LogP contribution in [0.25, 0.3) is 0 Å². The lowest BCUT2D eigenvalue weighted by atomic mass is 10.1. The van der Waals surface area contributed by atoms with Crippen LogP contribution >= 0.6 is 0 Å². The minimum absolute atomic E-state index is 0.0718. The lowest BCUT2D eigenvalue weighted by Gasteiger charge is -2.26. The fourth-order valence-corrected chi connectivity index (χ4v) is 1.90. The number of rotatable bonds is 6. The third-order valence-electron chi connectivity index (χ3n) is 3.11. The number of aliphatic hydroxyl groups is 1. The third kappa shape index (κ3) is 4.20. The maximum Gasteiger partial charge on any atom is 0.241 e. The third-order valence-corrected chi connectivity index (χ3v) is 3.11. The molecule has 0 heterocycles. The Bertz CT molecular complexity index is 461. The quantitative estimate of drug-likeness (QED) is 0.870. The number of benzene rings is 1. The molecular formula is C15H23FN2O2. The van der Waals surface area contributed by atoms with Gasteiger partial charge in [-0.25, -0.2) is 4.39 Å². The van der Waals surface area contributed by atoms with E-state index in [0.29, 0.717) is 17.8 Å². The van der Waals surface area contributed by atoms with Gasteiger partial charge in [0.15, 0.2) is 0 Å². The second kappa shape index (κ2) is 7.24. The molecule has 1 N–H and O–H groups in total. The number of nitrogens with zero attached hydrogens (tertiary/aromatic N) is 2. The van der Waals surface area contributed by atoms with E-state index in [0.717, 1.165) is 6.42 Å². The highest BCUT2D eigenvalue weighted by Gasteiger charge is 2.16. The molecule has 0 unspecified atom stereocenters. The summed E-state index contributed by atoms with van der Waals surface area (Å²) in [7, 11) is 3.36. The van der Waals surface area contributed by atoms with Crippen LogP contribution in [0.2, 0.25) is 0 Å². The van der Waals surface area contributed by atoms with E-state index in [2.05, 4.69) is 0 Å². The molecule has 5 heteroatoms. The van der Waals surface area contributed by atoms with Crippen molar-refractivity contribution in [1.29, 1.82) is 0 Å². The Morgan fingerprint density at radius 2 is 2.05 bits per heavy atom. The van der Waals surface area contributed by atoms with E-state index < -0.39 is 11.9 Å². The summed E-state index contributed by atoms with van der Waals surface area (Å²) < 4.78 is 14.2. The van der Waals surface area contributed by atoms with Crippen molar-refractivity contribution in [3.63, 3.8) is 0 Å². The van der Waals surface area contributed by atoms with Gasteiger partial charge in [-0.15, -0.1) is 0 Å². The zero-order chi connectivity index (χ0) is 15.3. The highest BCUT2D eigenvalue weighted by atomic mass is 19.1. The first-order valence-corrected chi connectivity index (χ1v) is 6.79. The molecule has 0 aromatic heterocycles. The number of halogens is 1. The Kier molecular flexibility index (Phi) is 5.95. The zero-order valence-electron chi connectivity index (χ0n) is 12.6. The van der Waals surface area contributed by atoms with Gasteiger partial charge < -0.3 is 14.9 Å². The molecule has 0 aliphatic heterocycles. The fourth-order valence-electron chi connectivity index (χ4n) is 1.90. The van der Waals surface area contributed by atoms with E-state index in [1.54, 1.807) is 38.1 Å². The molecule has 4 nitrogen and oxygen atoms in total. The largest absolute Gasteiger partial charge is 0.389 e. The average Bonchev–Trinajstić information content (AvgIpc) is 2.37. The highest BCUT2D eigenvalue weighted by molar-refractivity contribution is 5.81. The summed E-state index contributed by atoms with van der Waals surface area (Å²) in [5, 5.41) is 9.46. The predicted octanol–water partition coefficient (Wildman–Crippen LogP) is 2.18. The fraction of sp³-hybridized carbons (Fsp3) is 0.533. The highest BCUT2D eigenvalue weighted by Crippen LogP contribution is 2.23. The molecule has 1 rings (SSSR count). The van der Waals surface area contributed by atoms with Crippen molar-refractivity contribution >= 4 is 11.6 Å². The van der Waals surface area contributed by atoms with E-state index in [-0.39, 0.29) is 12.5 Å². The molecule has 0 radical (unpaired) electrons. The molecule has 0 saturated carbocycles. The molecule has 20 heavy (non-hydrogen) atoms. The molecule has 0 spiro atoms. The van der Waals surface area contributed by atoms with E-state index in [1.165, 1.54) is 11.0 Å². The Morgan fingerprint density at radius 3 is 2.50 bits per heavy atom. The van der Waals surface area contributed by atoms with E-state index >= 15 is 0 Å². The van der Waals surface area contributed by atoms with Crippen LogP contribution in [-0.2, 0) is 4.79 Å². The molecule has 112 valence electrons. The van der Waals surface area contributed by atoms with Crippen LogP contribution in [0.3, 0.4) is 0 Å². The number of amides is 1. The van der Waals surface area contributed by atoms with Crippen molar-refractivity contribution in [1.82, 2.24) is 4.90 Å². The summed E-state index contributed by atoms with van der Waals surface area (Å²) in [6.45, 7) is 4.32. The predicted molar refractivity (Wildman–Crippen MR) is 78.2 cm³/mol. The summed E-state index contributed by atoms with van der Waals surface area (Å²) in [5.74, 6) is -0.485. The SMILES string of the molecule is CCCN(CC(=O)N(C)C)c1ccc([C@H](C)O)cc1F. The second-order valence-electron chi connectivity index (χ2n) is 5.10. The van der Waals surface area contributed by atoms with Crippen molar-refractivity contribution < 1.29 is 14.3 Å². The standard InChI is InChI=1S/C15H23FN2O2/c1-5-8-18(10-15(20)17(3)4)14-7-6-12(11(2)19)9-13(14)16/h6-7,9,11,19H,5,8,10H2,1-4H3/t11-/m0/s1. The van der Waals surface area contributed by atoms with Crippen molar-refractivity contribution in [3.8, 4) is 0 Å². The Balaban J connectivity index is 2.99. The van der Waals surface area contributed by atoms with Gasteiger partial charge in [-0.05, 0) is 31.0 Å². The molecule has 0 bridgehead atoms. The molecular weight excluding hydrogens is 259 g/mol. The summed E-state index contributed by atoms with van der Waals surface area (Å²) in [5.41, 5.74) is 0.924. The van der Waals surface area contributed by atoms with Crippen molar-refractivity contribution in [3.05, 3.63) is 29.6 Å². The molecule has 1 aromatic rings. The normalized spacial score (nSPS) is 12.1. The second-order valence-corrected chi connectivity index (χ2v) is 5.10. The lowest BCUT2D eigenvalue weighted by Crippen LogP contribution is -2.37. The molecule has 0 saturated heterocycles. The monoisotopic (exact) mass is 282 g/mol. The summed E-state index contributed by atoms with van der Waals surface area (Å²) in [6, 6.07) is 4.63. The number of hydrogen-bond donors (Lipinski definition) is 1. The molecule has 0 fully saturated rings. The summed E-state index contributed by atoms with van der Waals surface area (Å²) >= 11 is 0. The maximum absolute atomic E-state index is 14.2.